The van der Waals surface area contributed by atoms with Gasteiger partial charge in [-0.05, 0) is 42.7 Å². The molecule has 0 saturated heterocycles. The van der Waals surface area contributed by atoms with Gasteiger partial charge in [-0.25, -0.2) is 9.18 Å². The third-order valence-electron chi connectivity index (χ3n) is 2.56. The molecule has 17 heavy (non-hydrogen) atoms. The van der Waals surface area contributed by atoms with Crippen molar-refractivity contribution in [3.63, 3.8) is 0 Å². The van der Waals surface area contributed by atoms with Crippen molar-refractivity contribution in [3.8, 4) is 10.4 Å². The first-order chi connectivity index (χ1) is 7.99. The van der Waals surface area contributed by atoms with Crippen LogP contribution >= 0.6 is 11.3 Å². The predicted molar refractivity (Wildman–Crippen MR) is 66.1 cm³/mol. The summed E-state index contributed by atoms with van der Waals surface area (Å²) in [5, 5.41) is 8.90. The van der Waals surface area contributed by atoms with Crippen LogP contribution in [0, 0.1) is 19.7 Å². The molecule has 0 saturated carbocycles. The number of thiophene rings is 1. The molecular weight excluding hydrogens is 239 g/mol. The molecule has 0 radical (unpaired) electrons. The molecule has 1 heterocycles. The second-order valence-corrected chi connectivity index (χ2v) is 4.94. The highest BCUT2D eigenvalue weighted by atomic mass is 32.1. The fourth-order valence-corrected chi connectivity index (χ4v) is 2.62. The SMILES string of the molecule is Cc1ccc(-c2sc(C(=O)O)cc2C)cc1F. The Morgan fingerprint density at radius 3 is 2.47 bits per heavy atom. The fourth-order valence-electron chi connectivity index (χ4n) is 1.61. The van der Waals surface area contributed by atoms with Crippen LogP contribution in [-0.4, -0.2) is 11.1 Å². The molecule has 4 heteroatoms. The Morgan fingerprint density at radius 1 is 1.24 bits per heavy atom. The smallest absolute Gasteiger partial charge is 0.345 e. The Bertz CT molecular complexity index is 587. The van der Waals surface area contributed by atoms with Gasteiger partial charge in [0.15, 0.2) is 0 Å². The lowest BCUT2D eigenvalue weighted by molar-refractivity contribution is 0.0702. The number of carboxylic acid groups (broad SMARTS) is 1. The number of halogens is 1. The van der Waals surface area contributed by atoms with Crippen molar-refractivity contribution in [3.05, 3.63) is 46.1 Å². The summed E-state index contributed by atoms with van der Waals surface area (Å²) in [7, 11) is 0. The Labute approximate surface area is 102 Å². The zero-order valence-electron chi connectivity index (χ0n) is 9.45. The molecule has 0 bridgehead atoms. The third-order valence-corrected chi connectivity index (χ3v) is 3.84. The number of carboxylic acids is 1. The van der Waals surface area contributed by atoms with Crippen LogP contribution in [0.3, 0.4) is 0 Å². The van der Waals surface area contributed by atoms with Crippen LogP contribution < -0.4 is 0 Å². The molecular formula is C13H11FO2S. The average molecular weight is 250 g/mol. The molecule has 88 valence electrons. The maximum Gasteiger partial charge on any atom is 0.345 e. The van der Waals surface area contributed by atoms with Crippen molar-refractivity contribution >= 4 is 17.3 Å². The molecule has 2 nitrogen and oxygen atoms in total. The van der Waals surface area contributed by atoms with Gasteiger partial charge in [-0.2, -0.15) is 0 Å². The summed E-state index contributed by atoms with van der Waals surface area (Å²) in [4.78, 5) is 11.9. The van der Waals surface area contributed by atoms with Crippen LogP contribution in [-0.2, 0) is 0 Å². The molecule has 2 aromatic rings. The number of rotatable bonds is 2. The van der Waals surface area contributed by atoms with Gasteiger partial charge in [-0.3, -0.25) is 0 Å². The van der Waals surface area contributed by atoms with Gasteiger partial charge in [0, 0.05) is 4.88 Å². The minimum Gasteiger partial charge on any atom is -0.477 e. The van der Waals surface area contributed by atoms with Gasteiger partial charge in [0.2, 0.25) is 0 Å². The van der Waals surface area contributed by atoms with E-state index in [0.717, 1.165) is 16.0 Å². The summed E-state index contributed by atoms with van der Waals surface area (Å²) in [5.41, 5.74) is 2.17. The van der Waals surface area contributed by atoms with Crippen LogP contribution in [0.1, 0.15) is 20.8 Å². The summed E-state index contributed by atoms with van der Waals surface area (Å²) in [5.74, 6) is -1.22. The van der Waals surface area contributed by atoms with Crippen molar-refractivity contribution in [1.82, 2.24) is 0 Å². The molecule has 0 aliphatic carbocycles. The molecule has 0 amide bonds. The summed E-state index contributed by atoms with van der Waals surface area (Å²) in [6.45, 7) is 3.53. The normalized spacial score (nSPS) is 10.5. The second kappa shape index (κ2) is 4.30. The van der Waals surface area contributed by atoms with E-state index >= 15 is 0 Å². The van der Waals surface area contributed by atoms with Crippen molar-refractivity contribution in [2.75, 3.05) is 0 Å². The maximum absolute atomic E-state index is 13.5. The van der Waals surface area contributed by atoms with E-state index in [-0.39, 0.29) is 10.7 Å². The quantitative estimate of drug-likeness (QED) is 0.878. The molecule has 0 unspecified atom stereocenters. The van der Waals surface area contributed by atoms with Gasteiger partial charge in [-0.15, -0.1) is 11.3 Å². The lowest BCUT2D eigenvalue weighted by Gasteiger charge is -2.02. The van der Waals surface area contributed by atoms with Gasteiger partial charge in [0.05, 0.1) is 0 Å². The zero-order chi connectivity index (χ0) is 12.6. The number of hydrogen-bond donors (Lipinski definition) is 1. The highest BCUT2D eigenvalue weighted by Crippen LogP contribution is 2.33. The highest BCUT2D eigenvalue weighted by molar-refractivity contribution is 7.17. The van der Waals surface area contributed by atoms with Gasteiger partial charge < -0.3 is 5.11 Å². The predicted octanol–water partition coefficient (Wildman–Crippen LogP) is 3.87. The number of hydrogen-bond acceptors (Lipinski definition) is 2. The Kier molecular flexibility index (Phi) is 2.98. The van der Waals surface area contributed by atoms with Gasteiger partial charge >= 0.3 is 5.97 Å². The van der Waals surface area contributed by atoms with E-state index in [0.29, 0.717) is 5.56 Å². The first-order valence-electron chi connectivity index (χ1n) is 5.09. The molecule has 0 atom stereocenters. The number of carbonyl (C=O) groups is 1. The van der Waals surface area contributed by atoms with Crippen molar-refractivity contribution in [2.45, 2.75) is 13.8 Å². The molecule has 0 aliphatic heterocycles. The van der Waals surface area contributed by atoms with E-state index in [1.165, 1.54) is 17.4 Å². The minimum atomic E-state index is -0.947. The standard InChI is InChI=1S/C13H11FO2S/c1-7-3-4-9(6-10(7)14)12-8(2)5-11(17-12)13(15)16/h3-6H,1-2H3,(H,15,16). The Balaban J connectivity index is 2.52. The molecule has 1 N–H and O–H groups in total. The molecule has 0 aliphatic rings. The topological polar surface area (TPSA) is 37.3 Å². The van der Waals surface area contributed by atoms with Crippen LogP contribution in [0.5, 0.6) is 0 Å². The van der Waals surface area contributed by atoms with Gasteiger partial charge in [0.25, 0.3) is 0 Å². The Hall–Kier alpha value is -1.68. The average Bonchev–Trinajstić information content (AvgIpc) is 2.65. The van der Waals surface area contributed by atoms with E-state index < -0.39 is 5.97 Å². The third kappa shape index (κ3) is 2.22. The first kappa shape index (κ1) is 11.8. The van der Waals surface area contributed by atoms with E-state index in [4.69, 9.17) is 5.11 Å². The van der Waals surface area contributed by atoms with Crippen LogP contribution in [0.4, 0.5) is 4.39 Å². The summed E-state index contributed by atoms with van der Waals surface area (Å²) in [6, 6.07) is 6.56. The van der Waals surface area contributed by atoms with Crippen LogP contribution in [0.25, 0.3) is 10.4 Å². The highest BCUT2D eigenvalue weighted by Gasteiger charge is 2.13. The molecule has 0 fully saturated rings. The van der Waals surface area contributed by atoms with E-state index in [2.05, 4.69) is 0 Å². The van der Waals surface area contributed by atoms with Crippen molar-refractivity contribution in [2.24, 2.45) is 0 Å². The second-order valence-electron chi connectivity index (χ2n) is 3.89. The van der Waals surface area contributed by atoms with Crippen molar-refractivity contribution in [1.29, 1.82) is 0 Å². The summed E-state index contributed by atoms with van der Waals surface area (Å²) < 4.78 is 13.5. The van der Waals surface area contributed by atoms with Gasteiger partial charge in [-0.1, -0.05) is 12.1 Å². The molecule has 0 spiro atoms. The van der Waals surface area contributed by atoms with Gasteiger partial charge in [0.1, 0.15) is 10.7 Å². The molecule has 1 aromatic heterocycles. The van der Waals surface area contributed by atoms with E-state index in [1.807, 2.05) is 13.0 Å². The van der Waals surface area contributed by atoms with Crippen LogP contribution in [0.2, 0.25) is 0 Å². The number of benzene rings is 1. The minimum absolute atomic E-state index is 0.271. The monoisotopic (exact) mass is 250 g/mol. The molecule has 1 aromatic carbocycles. The first-order valence-corrected chi connectivity index (χ1v) is 5.91. The largest absolute Gasteiger partial charge is 0.477 e. The molecule has 2 rings (SSSR count). The number of aromatic carboxylic acids is 1. The maximum atomic E-state index is 13.5. The number of aryl methyl sites for hydroxylation is 2. The summed E-state index contributed by atoms with van der Waals surface area (Å²) >= 11 is 1.17. The van der Waals surface area contributed by atoms with E-state index in [1.54, 1.807) is 19.1 Å². The lowest BCUT2D eigenvalue weighted by atomic mass is 10.1. The fraction of sp³-hybridized carbons (Fsp3) is 0.154. The summed E-state index contributed by atoms with van der Waals surface area (Å²) in [6.07, 6.45) is 0. The Morgan fingerprint density at radius 2 is 1.94 bits per heavy atom. The van der Waals surface area contributed by atoms with Crippen molar-refractivity contribution < 1.29 is 14.3 Å². The van der Waals surface area contributed by atoms with Crippen LogP contribution in [0.15, 0.2) is 24.3 Å². The zero-order valence-corrected chi connectivity index (χ0v) is 10.3. The van der Waals surface area contributed by atoms with E-state index in [9.17, 15) is 9.18 Å². The lowest BCUT2D eigenvalue weighted by Crippen LogP contribution is -1.89.